The summed E-state index contributed by atoms with van der Waals surface area (Å²) < 4.78 is 4.99. The van der Waals surface area contributed by atoms with Crippen molar-refractivity contribution in [2.75, 3.05) is 6.61 Å². The smallest absolute Gasteiger partial charge is 0.328 e. The molecule has 0 aliphatic carbocycles. The number of nitrogens with one attached hydrogen (secondary N) is 3. The molecule has 2 unspecified atom stereocenters. The normalized spacial score (nSPS) is 16.4. The molecule has 6 atom stereocenters. The highest BCUT2D eigenvalue weighted by molar-refractivity contribution is 5.90. The van der Waals surface area contributed by atoms with Crippen LogP contribution in [0.3, 0.4) is 0 Å². The molecular weight excluding hydrogens is 460 g/mol. The number of aliphatic hydroxyl groups is 3. The SMILES string of the molecule is CC(O)[C@H](NC(=O)[C@H](CCC(N)=O)NC(=O)N[C@@H](CC(N)O)c1nc([C@@H](N)CO)no1)C(=O)O. The van der Waals surface area contributed by atoms with Gasteiger partial charge in [0.15, 0.2) is 11.9 Å². The zero-order chi connectivity index (χ0) is 26.0. The number of carbonyl (C=O) groups excluding carboxylic acids is 3. The van der Waals surface area contributed by atoms with E-state index in [2.05, 4.69) is 26.1 Å². The van der Waals surface area contributed by atoms with Gasteiger partial charge in [-0.2, -0.15) is 4.98 Å². The number of aliphatic carboxylic acids is 1. The molecule has 1 heterocycles. The third kappa shape index (κ3) is 9.24. The molecule has 0 aliphatic rings. The Morgan fingerprint density at radius 2 is 1.76 bits per heavy atom. The van der Waals surface area contributed by atoms with Crippen molar-refractivity contribution in [1.29, 1.82) is 0 Å². The fourth-order valence-corrected chi connectivity index (χ4v) is 2.64. The quantitative estimate of drug-likeness (QED) is 0.110. The number of rotatable bonds is 14. The lowest BCUT2D eigenvalue weighted by Gasteiger charge is -2.24. The van der Waals surface area contributed by atoms with Crippen molar-refractivity contribution in [2.45, 2.75) is 62.7 Å². The first-order valence-electron chi connectivity index (χ1n) is 10.1. The van der Waals surface area contributed by atoms with Crippen molar-refractivity contribution in [3.63, 3.8) is 0 Å². The summed E-state index contributed by atoms with van der Waals surface area (Å²) >= 11 is 0. The Kier molecular flexibility index (Phi) is 11.3. The van der Waals surface area contributed by atoms with Gasteiger partial charge in [-0.25, -0.2) is 9.59 Å². The number of aromatic nitrogens is 2. The third-order valence-corrected chi connectivity index (χ3v) is 4.41. The van der Waals surface area contributed by atoms with Crippen LogP contribution in [0.15, 0.2) is 4.52 Å². The molecule has 0 spiro atoms. The van der Waals surface area contributed by atoms with Crippen molar-refractivity contribution < 1.29 is 44.1 Å². The average Bonchev–Trinajstić information content (AvgIpc) is 3.23. The molecule has 1 rings (SSSR count). The predicted octanol–water partition coefficient (Wildman–Crippen LogP) is -4.35. The predicted molar refractivity (Wildman–Crippen MR) is 111 cm³/mol. The molecule has 1 aromatic heterocycles. The number of carboxylic acid groups (broad SMARTS) is 1. The summed E-state index contributed by atoms with van der Waals surface area (Å²) in [7, 11) is 0. The molecule has 0 fully saturated rings. The van der Waals surface area contributed by atoms with Crippen LogP contribution in [0.4, 0.5) is 4.79 Å². The number of nitrogens with two attached hydrogens (primary N) is 3. The Morgan fingerprint density at radius 3 is 2.26 bits per heavy atom. The van der Waals surface area contributed by atoms with Crippen molar-refractivity contribution in [3.05, 3.63) is 11.7 Å². The molecule has 1 aromatic rings. The maximum absolute atomic E-state index is 12.6. The van der Waals surface area contributed by atoms with E-state index in [-0.39, 0.29) is 31.0 Å². The first-order chi connectivity index (χ1) is 15.8. The zero-order valence-electron chi connectivity index (χ0n) is 18.2. The first-order valence-corrected chi connectivity index (χ1v) is 10.1. The van der Waals surface area contributed by atoms with E-state index in [1.165, 1.54) is 0 Å². The largest absolute Gasteiger partial charge is 0.480 e. The summed E-state index contributed by atoms with van der Waals surface area (Å²) in [5.74, 6) is -3.60. The summed E-state index contributed by atoms with van der Waals surface area (Å²) in [4.78, 5) is 51.4. The van der Waals surface area contributed by atoms with Crippen molar-refractivity contribution >= 4 is 23.8 Å². The maximum Gasteiger partial charge on any atom is 0.328 e. The summed E-state index contributed by atoms with van der Waals surface area (Å²) in [6.07, 6.45) is -3.81. The third-order valence-electron chi connectivity index (χ3n) is 4.41. The van der Waals surface area contributed by atoms with Crippen LogP contribution in [0, 0.1) is 0 Å². The minimum atomic E-state index is -1.68. The summed E-state index contributed by atoms with van der Waals surface area (Å²) in [5, 5.41) is 47.5. The molecule has 0 aromatic carbocycles. The monoisotopic (exact) mass is 490 g/mol. The van der Waals surface area contributed by atoms with Gasteiger partial charge in [0.05, 0.1) is 18.8 Å². The van der Waals surface area contributed by atoms with Gasteiger partial charge >= 0.3 is 12.0 Å². The van der Waals surface area contributed by atoms with Gasteiger partial charge in [0, 0.05) is 12.8 Å². The van der Waals surface area contributed by atoms with Crippen LogP contribution in [0.2, 0.25) is 0 Å². The van der Waals surface area contributed by atoms with Gasteiger partial charge in [0.25, 0.3) is 0 Å². The number of aliphatic hydroxyl groups excluding tert-OH is 3. The second-order valence-electron chi connectivity index (χ2n) is 7.38. The molecule has 17 nitrogen and oxygen atoms in total. The summed E-state index contributed by atoms with van der Waals surface area (Å²) in [6, 6.07) is -6.24. The van der Waals surface area contributed by atoms with E-state index < -0.39 is 66.9 Å². The standard InChI is InChI=1S/C17H30N8O9/c1-6(27)12(16(31)32)23-14(30)8(2-3-10(19)28)21-17(33)22-9(4-11(20)29)15-24-13(25-34-15)7(18)5-26/h6-9,11-12,26-27,29H,2-5,18,20H2,1H3,(H2,19,28)(H,23,30)(H,31,32)(H2,21,22,33)/t6?,7-,8-,9-,11?,12-/m0/s1. The Morgan fingerprint density at radius 1 is 1.12 bits per heavy atom. The topological polar surface area (TPSA) is 302 Å². The lowest BCUT2D eigenvalue weighted by molar-refractivity contribution is -0.145. The van der Waals surface area contributed by atoms with Gasteiger partial charge in [-0.3, -0.25) is 9.59 Å². The molecule has 192 valence electrons. The van der Waals surface area contributed by atoms with E-state index in [1.54, 1.807) is 0 Å². The summed E-state index contributed by atoms with van der Waals surface area (Å²) in [5.41, 5.74) is 16.1. The highest BCUT2D eigenvalue weighted by Gasteiger charge is 2.31. The van der Waals surface area contributed by atoms with Gasteiger partial charge in [-0.1, -0.05) is 5.16 Å². The molecule has 4 amide bonds. The van der Waals surface area contributed by atoms with E-state index in [4.69, 9.17) is 31.9 Å². The van der Waals surface area contributed by atoms with E-state index in [0.717, 1.165) is 6.92 Å². The number of amides is 4. The number of carboxylic acids is 1. The van der Waals surface area contributed by atoms with Crippen LogP contribution < -0.4 is 33.2 Å². The van der Waals surface area contributed by atoms with E-state index in [9.17, 15) is 29.4 Å². The number of carbonyl (C=O) groups is 4. The highest BCUT2D eigenvalue weighted by Crippen LogP contribution is 2.17. The van der Waals surface area contributed by atoms with Gasteiger partial charge < -0.3 is 58.1 Å². The lowest BCUT2D eigenvalue weighted by atomic mass is 10.1. The fraction of sp³-hybridized carbons (Fsp3) is 0.647. The molecule has 0 aliphatic heterocycles. The van der Waals surface area contributed by atoms with Crippen LogP contribution in [0.5, 0.6) is 0 Å². The van der Waals surface area contributed by atoms with Crippen molar-refractivity contribution in [1.82, 2.24) is 26.1 Å². The van der Waals surface area contributed by atoms with Gasteiger partial charge in [-0.05, 0) is 13.3 Å². The minimum Gasteiger partial charge on any atom is -0.480 e. The molecule has 0 bridgehead atoms. The van der Waals surface area contributed by atoms with E-state index in [1.807, 2.05) is 0 Å². The second kappa shape index (κ2) is 13.4. The van der Waals surface area contributed by atoms with Crippen LogP contribution in [-0.2, 0) is 14.4 Å². The van der Waals surface area contributed by atoms with Gasteiger partial charge in [0.1, 0.15) is 18.3 Å². The van der Waals surface area contributed by atoms with Crippen LogP contribution >= 0.6 is 0 Å². The number of urea groups is 1. The summed E-state index contributed by atoms with van der Waals surface area (Å²) in [6.45, 7) is 0.652. The molecular formula is C17H30N8O9. The van der Waals surface area contributed by atoms with Crippen LogP contribution in [0.1, 0.15) is 50.0 Å². The molecule has 0 saturated carbocycles. The second-order valence-corrected chi connectivity index (χ2v) is 7.38. The number of hydrogen-bond donors (Lipinski definition) is 10. The molecule has 34 heavy (non-hydrogen) atoms. The van der Waals surface area contributed by atoms with E-state index >= 15 is 0 Å². The molecule has 13 N–H and O–H groups in total. The Balaban J connectivity index is 3.00. The van der Waals surface area contributed by atoms with E-state index in [0.29, 0.717) is 0 Å². The fourth-order valence-electron chi connectivity index (χ4n) is 2.64. The van der Waals surface area contributed by atoms with Gasteiger partial charge in [0.2, 0.25) is 17.7 Å². The molecule has 17 heteroatoms. The Labute approximate surface area is 193 Å². The number of hydrogen-bond acceptors (Lipinski definition) is 12. The Bertz CT molecular complexity index is 847. The van der Waals surface area contributed by atoms with Crippen molar-refractivity contribution in [3.8, 4) is 0 Å². The first kappa shape index (κ1) is 28.7. The maximum atomic E-state index is 12.6. The van der Waals surface area contributed by atoms with Crippen LogP contribution in [0.25, 0.3) is 0 Å². The van der Waals surface area contributed by atoms with Gasteiger partial charge in [-0.15, -0.1) is 0 Å². The average molecular weight is 490 g/mol. The zero-order valence-corrected chi connectivity index (χ0v) is 18.2. The van der Waals surface area contributed by atoms with Crippen molar-refractivity contribution in [2.24, 2.45) is 17.2 Å². The van der Waals surface area contributed by atoms with Crippen LogP contribution in [-0.4, -0.2) is 85.4 Å². The number of nitrogens with zero attached hydrogens (tertiary/aromatic N) is 2. The lowest BCUT2D eigenvalue weighted by Crippen LogP contribution is -2.56. The number of primary amides is 1. The molecule has 0 saturated heterocycles. The minimum absolute atomic E-state index is 0.0761. The Hall–Kier alpha value is -3.38. The molecule has 0 radical (unpaired) electrons. The highest BCUT2D eigenvalue weighted by atomic mass is 16.5.